The number of rotatable bonds is 25. The number of amides is 2. The lowest BCUT2D eigenvalue weighted by atomic mass is 10.1. The van der Waals surface area contributed by atoms with E-state index in [1.54, 1.807) is 21.6 Å². The Morgan fingerprint density at radius 3 is 1.52 bits per heavy atom. The fourth-order valence-electron chi connectivity index (χ4n) is 5.78. The van der Waals surface area contributed by atoms with Crippen molar-refractivity contribution in [3.8, 4) is 0 Å². The smallest absolute Gasteiger partial charge is 0.222 e. The maximum absolute atomic E-state index is 12.7. The first kappa shape index (κ1) is 46.0. The van der Waals surface area contributed by atoms with E-state index >= 15 is 0 Å². The predicted molar refractivity (Wildman–Crippen MR) is 245 cm³/mol. The average Bonchev–Trinajstić information content (AvgIpc) is 3.21. The van der Waals surface area contributed by atoms with Crippen molar-refractivity contribution in [2.75, 3.05) is 82.7 Å². The predicted octanol–water partition coefficient (Wildman–Crippen LogP) is 8.59. The summed E-state index contributed by atoms with van der Waals surface area (Å²) in [6, 6.07) is 21.4. The van der Waals surface area contributed by atoms with Crippen LogP contribution in [0.1, 0.15) is 62.1 Å². The van der Waals surface area contributed by atoms with Crippen LogP contribution in [0.5, 0.6) is 0 Å². The summed E-state index contributed by atoms with van der Waals surface area (Å²) in [5, 5.41) is 3.02. The molecule has 2 amide bonds. The van der Waals surface area contributed by atoms with E-state index in [-0.39, 0.29) is 11.8 Å². The highest BCUT2D eigenvalue weighted by molar-refractivity contribution is 8.76. The minimum absolute atomic E-state index is 0.207. The van der Waals surface area contributed by atoms with E-state index in [1.165, 1.54) is 22.5 Å². The van der Waals surface area contributed by atoms with Gasteiger partial charge in [0.1, 0.15) is 7.05 Å². The number of carbonyl (C=O) groups is 2. The number of hydrogen-bond donors (Lipinski definition) is 1. The Morgan fingerprint density at radius 2 is 1.07 bits per heavy atom. The molecule has 302 valence electrons. The Balaban J connectivity index is 1.19. The zero-order chi connectivity index (χ0) is 40.5. The van der Waals surface area contributed by atoms with E-state index in [1.807, 2.05) is 74.2 Å². The highest BCUT2D eigenvalue weighted by Crippen LogP contribution is 2.24. The molecule has 0 aliphatic heterocycles. The Bertz CT molecular complexity index is 1700. The molecule has 0 aliphatic rings. The van der Waals surface area contributed by atoms with Crippen LogP contribution in [0.2, 0.25) is 0 Å². The number of pyridine rings is 1. The zero-order valence-corrected chi connectivity index (χ0v) is 36.5. The maximum atomic E-state index is 12.7. The maximum Gasteiger partial charge on any atom is 0.222 e. The molecule has 8 nitrogen and oxygen atoms in total. The molecule has 1 N–H and O–H groups in total. The third-order valence-corrected chi connectivity index (χ3v) is 12.1. The van der Waals surface area contributed by atoms with Crippen molar-refractivity contribution in [3.63, 3.8) is 0 Å². The second-order valence-corrected chi connectivity index (χ2v) is 16.8. The highest BCUT2D eigenvalue weighted by Gasteiger charge is 2.11. The number of carbonyl (C=O) groups excluding carboxylic acids is 2. The molecule has 2 aromatic carbocycles. The van der Waals surface area contributed by atoms with E-state index in [0.29, 0.717) is 12.8 Å². The van der Waals surface area contributed by atoms with Crippen molar-refractivity contribution < 1.29 is 14.2 Å². The summed E-state index contributed by atoms with van der Waals surface area (Å²) in [4.78, 5) is 33.6. The number of aryl methyl sites for hydroxylation is 1. The third-order valence-electron chi connectivity index (χ3n) is 9.53. The summed E-state index contributed by atoms with van der Waals surface area (Å²) in [6.45, 7) is 5.30. The van der Waals surface area contributed by atoms with E-state index in [2.05, 4.69) is 120 Å². The largest absolute Gasteiger partial charge is 0.394 e. The van der Waals surface area contributed by atoms with Gasteiger partial charge in [0, 0.05) is 109 Å². The van der Waals surface area contributed by atoms with Gasteiger partial charge in [-0.2, -0.15) is 0 Å². The number of nitrogens with one attached hydrogen (secondary N) is 1. The van der Waals surface area contributed by atoms with Crippen molar-refractivity contribution in [1.82, 2.24) is 15.1 Å². The third kappa shape index (κ3) is 18.0. The van der Waals surface area contributed by atoms with Crippen molar-refractivity contribution in [1.29, 1.82) is 0 Å². The first-order chi connectivity index (χ1) is 27.1. The molecule has 1 heterocycles. The standard InChI is InChI=1S/C46H65N6O2S2/c1-8-39(27-30-47-2)15-16-40-19-23-43(24-20-40)49(4)31-11-33-51(6)45(53)13-9-37-55-56-38-10-14-46(54)52(7)34-12-32-50(5)44-25-21-41(22-26-44)17-18-42-28-35-48(3)36-29-42/h8,15-30,35-36,47H,9-14,31-34,37-38H2,1-7H3/q+1. The lowest BCUT2D eigenvalue weighted by molar-refractivity contribution is -0.671. The number of allylic oxidation sites excluding steroid dienone is 4. The number of aromatic nitrogens is 1. The lowest BCUT2D eigenvalue weighted by Crippen LogP contribution is -2.30. The van der Waals surface area contributed by atoms with Gasteiger partial charge < -0.3 is 24.9 Å². The van der Waals surface area contributed by atoms with Crippen molar-refractivity contribution >= 4 is 63.0 Å². The normalized spacial score (nSPS) is 11.8. The molecule has 0 unspecified atom stereocenters. The van der Waals surface area contributed by atoms with Gasteiger partial charge in [0.2, 0.25) is 11.8 Å². The average molecular weight is 798 g/mol. The van der Waals surface area contributed by atoms with Gasteiger partial charge in [0.25, 0.3) is 0 Å². The molecule has 10 heteroatoms. The monoisotopic (exact) mass is 797 g/mol. The zero-order valence-electron chi connectivity index (χ0n) is 34.8. The second-order valence-electron chi connectivity index (χ2n) is 14.1. The summed E-state index contributed by atoms with van der Waals surface area (Å²) in [6.07, 6.45) is 23.4. The molecule has 0 atom stereocenters. The van der Waals surface area contributed by atoms with Crippen LogP contribution in [0.25, 0.3) is 18.2 Å². The van der Waals surface area contributed by atoms with E-state index in [9.17, 15) is 9.59 Å². The van der Waals surface area contributed by atoms with Crippen LogP contribution >= 0.6 is 21.6 Å². The van der Waals surface area contributed by atoms with Crippen molar-refractivity contribution in [2.45, 2.75) is 45.4 Å². The van der Waals surface area contributed by atoms with Crippen LogP contribution in [-0.2, 0) is 16.6 Å². The molecule has 3 aromatic rings. The molecule has 1 aromatic heterocycles. The summed E-state index contributed by atoms with van der Waals surface area (Å²) in [5.41, 5.74) is 7.00. The molecule has 0 saturated heterocycles. The van der Waals surface area contributed by atoms with Crippen molar-refractivity contribution in [2.24, 2.45) is 7.05 Å². The second kappa shape index (κ2) is 26.4. The number of hydrogen-bond acceptors (Lipinski definition) is 7. The van der Waals surface area contributed by atoms with Crippen LogP contribution in [0.4, 0.5) is 11.4 Å². The summed E-state index contributed by atoms with van der Waals surface area (Å²) in [7, 11) is 15.5. The van der Waals surface area contributed by atoms with Crippen molar-refractivity contribution in [3.05, 3.63) is 120 Å². The van der Waals surface area contributed by atoms with E-state index < -0.39 is 0 Å². The number of anilines is 2. The fourth-order valence-corrected chi connectivity index (χ4v) is 7.95. The van der Waals surface area contributed by atoms with Crippen LogP contribution in [0.3, 0.4) is 0 Å². The molecular weight excluding hydrogens is 733 g/mol. The molecule has 0 fully saturated rings. The quantitative estimate of drug-likeness (QED) is 0.0399. The first-order valence-electron chi connectivity index (χ1n) is 19.8. The fraction of sp³-hybridized carbons (Fsp3) is 0.413. The van der Waals surface area contributed by atoms with Gasteiger partial charge in [-0.1, -0.05) is 76.2 Å². The molecule has 0 bridgehead atoms. The van der Waals surface area contributed by atoms with Gasteiger partial charge in [-0.15, -0.1) is 0 Å². The summed E-state index contributed by atoms with van der Waals surface area (Å²) in [5.74, 6) is 2.29. The Labute approximate surface area is 345 Å². The lowest BCUT2D eigenvalue weighted by Gasteiger charge is -2.22. The van der Waals surface area contributed by atoms with Crippen LogP contribution in [0, 0.1) is 0 Å². The van der Waals surface area contributed by atoms with Gasteiger partial charge >= 0.3 is 0 Å². The first-order valence-corrected chi connectivity index (χ1v) is 22.2. The molecule has 56 heavy (non-hydrogen) atoms. The molecule has 0 saturated carbocycles. The minimum atomic E-state index is 0.207. The minimum Gasteiger partial charge on any atom is -0.394 e. The Kier molecular flexibility index (Phi) is 21.7. The van der Waals surface area contributed by atoms with Crippen LogP contribution in [-0.4, -0.2) is 94.5 Å². The number of benzene rings is 2. The Morgan fingerprint density at radius 1 is 0.625 bits per heavy atom. The van der Waals surface area contributed by atoms with Gasteiger partial charge in [0.05, 0.1) is 0 Å². The van der Waals surface area contributed by atoms with Crippen LogP contribution in [0.15, 0.2) is 103 Å². The van der Waals surface area contributed by atoms with Gasteiger partial charge in [-0.05, 0) is 91.4 Å². The topological polar surface area (TPSA) is 63.0 Å². The van der Waals surface area contributed by atoms with Crippen LogP contribution < -0.4 is 19.7 Å². The molecule has 0 radical (unpaired) electrons. The van der Waals surface area contributed by atoms with Gasteiger partial charge in [-0.3, -0.25) is 9.59 Å². The highest BCUT2D eigenvalue weighted by atomic mass is 33.1. The summed E-state index contributed by atoms with van der Waals surface area (Å²) < 4.78 is 2.03. The molecule has 3 rings (SSSR count). The van der Waals surface area contributed by atoms with E-state index in [0.717, 1.165) is 74.5 Å². The molecule has 0 spiro atoms. The summed E-state index contributed by atoms with van der Waals surface area (Å²) >= 11 is 0. The number of nitrogens with zero attached hydrogens (tertiary/aromatic N) is 5. The van der Waals surface area contributed by atoms with E-state index in [4.69, 9.17) is 0 Å². The SMILES string of the molecule is CC=C(C=CNC)C=Cc1ccc(N(C)CCCN(C)C(=O)CCCSSCCCC(=O)N(C)CCCN(C)c2ccc(C=Cc3cc[n+](C)cc3)cc2)cc1. The molecular formula is C46H65N6O2S2+. The Hall–Kier alpha value is -4.41. The molecule has 0 aliphatic carbocycles. The van der Waals surface area contributed by atoms with Gasteiger partial charge in [-0.25, -0.2) is 4.57 Å². The van der Waals surface area contributed by atoms with Gasteiger partial charge in [0.15, 0.2) is 12.4 Å².